The highest BCUT2D eigenvalue weighted by molar-refractivity contribution is 5.86. The maximum absolute atomic E-state index is 10.2. The number of hydrogen-bond donors (Lipinski definition) is 1. The molecule has 2 nitrogen and oxygen atoms in total. The minimum atomic E-state index is -0.741. The molecule has 1 atom stereocenters. The Hall–Kier alpha value is -0.790. The predicted octanol–water partition coefficient (Wildman–Crippen LogP) is 1.04. The van der Waals surface area contributed by atoms with Crippen molar-refractivity contribution in [2.45, 2.75) is 13.8 Å². The zero-order chi connectivity index (χ0) is 6.36. The largest absolute Gasteiger partial charge is 0.480 e. The number of rotatable bonds is 1. The van der Waals surface area contributed by atoms with Gasteiger partial charge in [0.05, 0.1) is 0 Å². The van der Waals surface area contributed by atoms with E-state index >= 15 is 0 Å². The summed E-state index contributed by atoms with van der Waals surface area (Å²) in [7, 11) is 0. The summed E-state index contributed by atoms with van der Waals surface area (Å²) in [5, 5.41) is 8.43. The molecule has 44 valence electrons. The molecular weight excluding hydrogens is 104 g/mol. The van der Waals surface area contributed by atoms with E-state index < -0.39 is 11.4 Å². The van der Waals surface area contributed by atoms with Gasteiger partial charge in [-0.2, -0.15) is 0 Å². The summed E-state index contributed by atoms with van der Waals surface area (Å²) in [6.07, 6.45) is 1.75. The first-order valence-corrected chi connectivity index (χ1v) is 2.51. The van der Waals surface area contributed by atoms with E-state index in [9.17, 15) is 4.79 Å². The summed E-state index contributed by atoms with van der Waals surface area (Å²) in [5.74, 6) is -0.741. The highest BCUT2D eigenvalue weighted by Crippen LogP contribution is 2.42. The van der Waals surface area contributed by atoms with Gasteiger partial charge in [-0.15, -0.1) is 0 Å². The summed E-state index contributed by atoms with van der Waals surface area (Å²) in [6.45, 7) is 3.53. The molecule has 8 heavy (non-hydrogen) atoms. The van der Waals surface area contributed by atoms with Crippen molar-refractivity contribution in [1.82, 2.24) is 0 Å². The van der Waals surface area contributed by atoms with Crippen molar-refractivity contribution >= 4 is 5.97 Å². The molecule has 1 rings (SSSR count). The maximum Gasteiger partial charge on any atom is 0.317 e. The molecule has 0 amide bonds. The molecule has 1 N–H and O–H groups in total. The van der Waals surface area contributed by atoms with Crippen LogP contribution in [0, 0.1) is 5.41 Å². The van der Waals surface area contributed by atoms with Crippen molar-refractivity contribution in [3.05, 3.63) is 11.6 Å². The van der Waals surface area contributed by atoms with E-state index in [2.05, 4.69) is 0 Å². The lowest BCUT2D eigenvalue weighted by molar-refractivity contribution is -0.141. The molecule has 0 bridgehead atoms. The van der Waals surface area contributed by atoms with Crippen LogP contribution in [-0.2, 0) is 4.79 Å². The number of hydrogen-bond acceptors (Lipinski definition) is 1. The Morgan fingerprint density at radius 1 is 1.88 bits per heavy atom. The lowest BCUT2D eigenvalue weighted by Crippen LogP contribution is -2.12. The third-order valence-electron chi connectivity index (χ3n) is 1.69. The summed E-state index contributed by atoms with van der Waals surface area (Å²) in [4.78, 5) is 10.2. The molecule has 0 aromatic heterocycles. The van der Waals surface area contributed by atoms with Gasteiger partial charge < -0.3 is 5.11 Å². The molecule has 0 spiro atoms. The molecular formula is C6H8O2. The van der Waals surface area contributed by atoms with Gasteiger partial charge in [0.25, 0.3) is 0 Å². The third-order valence-corrected chi connectivity index (χ3v) is 1.69. The minimum absolute atomic E-state index is 0.583. The van der Waals surface area contributed by atoms with Crippen molar-refractivity contribution in [3.8, 4) is 0 Å². The van der Waals surface area contributed by atoms with Gasteiger partial charge in [-0.05, 0) is 13.8 Å². The van der Waals surface area contributed by atoms with E-state index in [1.165, 1.54) is 0 Å². The first kappa shape index (κ1) is 5.35. The standard InChI is InChI=1S/C6H8O2/c1-4-3-6(4,2)5(7)8/h3H,1-2H3,(H,7,8). The number of aliphatic carboxylic acids is 1. The van der Waals surface area contributed by atoms with Crippen LogP contribution in [0.4, 0.5) is 0 Å². The van der Waals surface area contributed by atoms with Gasteiger partial charge in [0.15, 0.2) is 0 Å². The topological polar surface area (TPSA) is 37.3 Å². The second-order valence-corrected chi connectivity index (χ2v) is 2.33. The fourth-order valence-electron chi connectivity index (χ4n) is 0.627. The molecule has 0 aromatic carbocycles. The zero-order valence-electron chi connectivity index (χ0n) is 4.93. The van der Waals surface area contributed by atoms with Gasteiger partial charge in [-0.3, -0.25) is 4.79 Å². The Morgan fingerprint density at radius 2 is 2.25 bits per heavy atom. The first-order chi connectivity index (χ1) is 3.57. The average Bonchev–Trinajstić information content (AvgIpc) is 2.17. The van der Waals surface area contributed by atoms with Gasteiger partial charge in [-0.25, -0.2) is 0 Å². The monoisotopic (exact) mass is 112 g/mol. The van der Waals surface area contributed by atoms with E-state index in [0.29, 0.717) is 0 Å². The Balaban J connectivity index is 2.64. The molecule has 0 heterocycles. The van der Waals surface area contributed by atoms with Crippen LogP contribution in [-0.4, -0.2) is 11.1 Å². The molecule has 0 aromatic rings. The number of carboxylic acid groups (broad SMARTS) is 1. The second-order valence-electron chi connectivity index (χ2n) is 2.33. The van der Waals surface area contributed by atoms with Crippen LogP contribution in [0.2, 0.25) is 0 Å². The van der Waals surface area contributed by atoms with E-state index in [4.69, 9.17) is 5.11 Å². The van der Waals surface area contributed by atoms with Crippen molar-refractivity contribution in [1.29, 1.82) is 0 Å². The number of carbonyl (C=O) groups is 1. The number of carboxylic acids is 1. The zero-order valence-corrected chi connectivity index (χ0v) is 4.93. The Kier molecular flexibility index (Phi) is 0.756. The van der Waals surface area contributed by atoms with Gasteiger partial charge in [-0.1, -0.05) is 11.6 Å². The Bertz CT molecular complexity index is 169. The van der Waals surface area contributed by atoms with Gasteiger partial charge in [0.1, 0.15) is 5.41 Å². The quantitative estimate of drug-likeness (QED) is 0.514. The lowest BCUT2D eigenvalue weighted by Gasteiger charge is -2.00. The summed E-state index contributed by atoms with van der Waals surface area (Å²) in [5.41, 5.74) is 0.380. The van der Waals surface area contributed by atoms with Crippen LogP contribution >= 0.6 is 0 Å². The fraction of sp³-hybridized carbons (Fsp3) is 0.500. The lowest BCUT2D eigenvalue weighted by atomic mass is 10.1. The Morgan fingerprint density at radius 3 is 2.25 bits per heavy atom. The fourth-order valence-corrected chi connectivity index (χ4v) is 0.627. The van der Waals surface area contributed by atoms with Gasteiger partial charge >= 0.3 is 5.97 Å². The van der Waals surface area contributed by atoms with Crippen LogP contribution in [0.25, 0.3) is 0 Å². The van der Waals surface area contributed by atoms with Crippen LogP contribution in [0.1, 0.15) is 13.8 Å². The van der Waals surface area contributed by atoms with Gasteiger partial charge in [0.2, 0.25) is 0 Å². The van der Waals surface area contributed by atoms with E-state index in [1.807, 2.05) is 6.92 Å². The highest BCUT2D eigenvalue weighted by Gasteiger charge is 2.43. The summed E-state index contributed by atoms with van der Waals surface area (Å²) < 4.78 is 0. The van der Waals surface area contributed by atoms with Crippen molar-refractivity contribution in [2.24, 2.45) is 5.41 Å². The van der Waals surface area contributed by atoms with Crippen molar-refractivity contribution in [3.63, 3.8) is 0 Å². The predicted molar refractivity (Wildman–Crippen MR) is 29.5 cm³/mol. The summed E-state index contributed by atoms with van der Waals surface area (Å²) >= 11 is 0. The molecule has 0 aliphatic heterocycles. The molecule has 1 unspecified atom stereocenters. The molecule has 0 saturated carbocycles. The van der Waals surface area contributed by atoms with Crippen LogP contribution in [0.5, 0.6) is 0 Å². The molecule has 1 aliphatic carbocycles. The van der Waals surface area contributed by atoms with Crippen LogP contribution in [0.3, 0.4) is 0 Å². The van der Waals surface area contributed by atoms with E-state index in [0.717, 1.165) is 5.57 Å². The SMILES string of the molecule is CC1=CC1(C)C(=O)O. The van der Waals surface area contributed by atoms with E-state index in [1.54, 1.807) is 13.0 Å². The maximum atomic E-state index is 10.2. The van der Waals surface area contributed by atoms with Crippen LogP contribution < -0.4 is 0 Å². The second kappa shape index (κ2) is 1.13. The average molecular weight is 112 g/mol. The smallest absolute Gasteiger partial charge is 0.317 e. The molecule has 0 saturated heterocycles. The molecule has 1 aliphatic rings. The molecule has 0 radical (unpaired) electrons. The van der Waals surface area contributed by atoms with Crippen LogP contribution in [0.15, 0.2) is 11.6 Å². The normalized spacial score (nSPS) is 34.0. The first-order valence-electron chi connectivity index (χ1n) is 2.51. The van der Waals surface area contributed by atoms with E-state index in [-0.39, 0.29) is 0 Å². The van der Waals surface area contributed by atoms with Gasteiger partial charge in [0, 0.05) is 0 Å². The third kappa shape index (κ3) is 0.457. The summed E-state index contributed by atoms with van der Waals surface area (Å²) in [6, 6.07) is 0. The Labute approximate surface area is 47.8 Å². The highest BCUT2D eigenvalue weighted by atomic mass is 16.4. The van der Waals surface area contributed by atoms with Crippen molar-refractivity contribution in [2.75, 3.05) is 0 Å². The van der Waals surface area contributed by atoms with Crippen molar-refractivity contribution < 1.29 is 9.90 Å². The molecule has 2 heteroatoms. The molecule has 0 fully saturated rings. The minimum Gasteiger partial charge on any atom is -0.480 e.